The van der Waals surface area contributed by atoms with Gasteiger partial charge in [0.1, 0.15) is 11.2 Å². The van der Waals surface area contributed by atoms with Gasteiger partial charge in [0.05, 0.1) is 0 Å². The Bertz CT molecular complexity index is 2870. The molecule has 0 atom stereocenters. The Balaban J connectivity index is 1.02. The fourth-order valence-electron chi connectivity index (χ4n) is 7.47. The van der Waals surface area contributed by atoms with Crippen LogP contribution in [0.5, 0.6) is 0 Å². The summed E-state index contributed by atoms with van der Waals surface area (Å²) in [6.45, 7) is 0. The van der Waals surface area contributed by atoms with E-state index in [1.807, 2.05) is 12.1 Å². The zero-order valence-corrected chi connectivity index (χ0v) is 27.3. The summed E-state index contributed by atoms with van der Waals surface area (Å²) in [5.41, 5.74) is 10.0. The van der Waals surface area contributed by atoms with E-state index in [4.69, 9.17) is 4.42 Å². The van der Waals surface area contributed by atoms with Crippen molar-refractivity contribution in [2.24, 2.45) is 0 Å². The number of para-hydroxylation sites is 2. The fourth-order valence-corrected chi connectivity index (χ4v) is 7.47. The number of hydrogen-bond acceptors (Lipinski definition) is 2. The molecule has 1 heterocycles. The maximum absolute atomic E-state index is 6.19. The molecule has 0 radical (unpaired) electrons. The van der Waals surface area contributed by atoms with Crippen LogP contribution in [0.4, 0.5) is 17.1 Å². The van der Waals surface area contributed by atoms with Crippen LogP contribution < -0.4 is 4.90 Å². The van der Waals surface area contributed by atoms with E-state index in [1.165, 1.54) is 60.0 Å². The predicted molar refractivity (Wildman–Crippen MR) is 212 cm³/mol. The molecule has 0 aliphatic rings. The molecule has 2 nitrogen and oxygen atoms in total. The molecule has 0 bridgehead atoms. The van der Waals surface area contributed by atoms with Crippen molar-refractivity contribution in [2.75, 3.05) is 4.90 Å². The highest BCUT2D eigenvalue weighted by Crippen LogP contribution is 2.39. The normalized spacial score (nSPS) is 11.6. The highest BCUT2D eigenvalue weighted by Gasteiger charge is 2.15. The van der Waals surface area contributed by atoms with E-state index in [2.05, 4.69) is 181 Å². The highest BCUT2D eigenvalue weighted by atomic mass is 16.3. The molecule has 0 N–H and O–H groups in total. The Kier molecular flexibility index (Phi) is 6.53. The first-order chi connectivity index (χ1) is 24.7. The van der Waals surface area contributed by atoms with E-state index in [-0.39, 0.29) is 0 Å². The van der Waals surface area contributed by atoms with Gasteiger partial charge in [-0.1, -0.05) is 121 Å². The van der Waals surface area contributed by atoms with Crippen LogP contribution in [0, 0.1) is 0 Å². The minimum absolute atomic E-state index is 0.923. The lowest BCUT2D eigenvalue weighted by Gasteiger charge is -2.26. The molecule has 0 unspecified atom stereocenters. The van der Waals surface area contributed by atoms with Crippen molar-refractivity contribution in [3.8, 4) is 22.3 Å². The number of furan rings is 1. The van der Waals surface area contributed by atoms with E-state index >= 15 is 0 Å². The van der Waals surface area contributed by atoms with Gasteiger partial charge in [0.25, 0.3) is 0 Å². The monoisotopic (exact) mass is 637 g/mol. The lowest BCUT2D eigenvalue weighted by Crippen LogP contribution is -2.09. The molecule has 10 aromatic rings. The lowest BCUT2D eigenvalue weighted by atomic mass is 9.96. The van der Waals surface area contributed by atoms with Crippen LogP contribution in [0.3, 0.4) is 0 Å². The number of benzene rings is 9. The average molecular weight is 638 g/mol. The second kappa shape index (κ2) is 11.5. The van der Waals surface area contributed by atoms with Crippen molar-refractivity contribution >= 4 is 71.3 Å². The van der Waals surface area contributed by atoms with Crippen molar-refractivity contribution in [1.82, 2.24) is 0 Å². The second-order valence-electron chi connectivity index (χ2n) is 13.0. The van der Waals surface area contributed by atoms with Crippen molar-refractivity contribution in [1.29, 1.82) is 0 Å². The molecule has 0 saturated heterocycles. The number of nitrogens with zero attached hydrogens (tertiary/aromatic N) is 1. The van der Waals surface area contributed by atoms with Gasteiger partial charge in [-0.3, -0.25) is 0 Å². The molecule has 0 saturated carbocycles. The molecule has 234 valence electrons. The molecule has 10 rings (SSSR count). The van der Waals surface area contributed by atoms with Gasteiger partial charge in [0.15, 0.2) is 0 Å². The van der Waals surface area contributed by atoms with Crippen molar-refractivity contribution in [3.05, 3.63) is 188 Å². The lowest BCUT2D eigenvalue weighted by molar-refractivity contribution is 0.669. The minimum Gasteiger partial charge on any atom is -0.456 e. The molecule has 0 amide bonds. The molecule has 0 aliphatic carbocycles. The van der Waals surface area contributed by atoms with Gasteiger partial charge in [-0.15, -0.1) is 0 Å². The van der Waals surface area contributed by atoms with E-state index in [1.54, 1.807) is 0 Å². The third-order valence-corrected chi connectivity index (χ3v) is 10.00. The molecule has 0 fully saturated rings. The SMILES string of the molecule is c1ccc(N(c2ccc(-c3ccc4ccccc4c3)cc2)c2ccc3cc(-c4ccc5ccc6oc7ccccc7c6c5c4)ccc3c2)cc1. The summed E-state index contributed by atoms with van der Waals surface area (Å²) in [6.07, 6.45) is 0. The summed E-state index contributed by atoms with van der Waals surface area (Å²) in [7, 11) is 0. The number of rotatable bonds is 5. The largest absolute Gasteiger partial charge is 0.456 e. The number of hydrogen-bond donors (Lipinski definition) is 0. The first-order valence-electron chi connectivity index (χ1n) is 17.1. The first-order valence-corrected chi connectivity index (χ1v) is 17.1. The van der Waals surface area contributed by atoms with E-state index in [9.17, 15) is 0 Å². The fraction of sp³-hybridized carbons (Fsp3) is 0. The highest BCUT2D eigenvalue weighted by molar-refractivity contribution is 6.19. The molecule has 1 aromatic heterocycles. The Labute approximate surface area is 290 Å². The third-order valence-electron chi connectivity index (χ3n) is 10.00. The zero-order valence-electron chi connectivity index (χ0n) is 27.3. The van der Waals surface area contributed by atoms with Crippen molar-refractivity contribution in [3.63, 3.8) is 0 Å². The molecule has 50 heavy (non-hydrogen) atoms. The summed E-state index contributed by atoms with van der Waals surface area (Å²) in [4.78, 5) is 2.33. The van der Waals surface area contributed by atoms with Crippen molar-refractivity contribution < 1.29 is 4.42 Å². The topological polar surface area (TPSA) is 16.4 Å². The average Bonchev–Trinajstić information content (AvgIpc) is 3.57. The van der Waals surface area contributed by atoms with Crippen LogP contribution in [0.15, 0.2) is 192 Å². The second-order valence-corrected chi connectivity index (χ2v) is 13.0. The quantitative estimate of drug-likeness (QED) is 0.187. The van der Waals surface area contributed by atoms with Crippen LogP contribution in [-0.2, 0) is 0 Å². The predicted octanol–water partition coefficient (Wildman–Crippen LogP) is 13.8. The standard InChI is InChI=1S/C48H31NO/c1-2-10-41(11-3-1)49(42-24-20-33(21-25-42)36-16-14-32-8-4-5-9-35(32)28-36)43-26-22-38-29-37(18-19-39(38)30-43)40-17-15-34-23-27-47-48(45(34)31-40)44-12-6-7-13-46(44)50-47/h1-31H. The van der Waals surface area contributed by atoms with Gasteiger partial charge in [-0.2, -0.15) is 0 Å². The van der Waals surface area contributed by atoms with E-state index in [0.717, 1.165) is 33.6 Å². The van der Waals surface area contributed by atoms with E-state index < -0.39 is 0 Å². The molecular formula is C48H31NO. The maximum Gasteiger partial charge on any atom is 0.136 e. The maximum atomic E-state index is 6.19. The first kappa shape index (κ1) is 28.4. The smallest absolute Gasteiger partial charge is 0.136 e. The Hall–Kier alpha value is -6.64. The third kappa shape index (κ3) is 4.81. The number of anilines is 3. The van der Waals surface area contributed by atoms with Gasteiger partial charge < -0.3 is 9.32 Å². The molecule has 0 aliphatic heterocycles. The van der Waals surface area contributed by atoms with Gasteiger partial charge in [-0.05, 0) is 121 Å². The molecule has 2 heteroatoms. The van der Waals surface area contributed by atoms with Crippen LogP contribution in [0.2, 0.25) is 0 Å². The summed E-state index contributed by atoms with van der Waals surface area (Å²) in [5, 5.41) is 9.67. The van der Waals surface area contributed by atoms with Gasteiger partial charge in [0, 0.05) is 27.8 Å². The molecular weight excluding hydrogens is 607 g/mol. The summed E-state index contributed by atoms with van der Waals surface area (Å²) >= 11 is 0. The summed E-state index contributed by atoms with van der Waals surface area (Å²) < 4.78 is 6.19. The number of fused-ring (bicyclic) bond motifs is 7. The minimum atomic E-state index is 0.923. The molecule has 0 spiro atoms. The zero-order chi connectivity index (χ0) is 33.0. The van der Waals surface area contributed by atoms with Gasteiger partial charge >= 0.3 is 0 Å². The van der Waals surface area contributed by atoms with Crippen molar-refractivity contribution in [2.45, 2.75) is 0 Å². The Morgan fingerprint density at radius 3 is 1.68 bits per heavy atom. The van der Waals surface area contributed by atoms with Crippen LogP contribution in [0.1, 0.15) is 0 Å². The van der Waals surface area contributed by atoms with Crippen LogP contribution in [-0.4, -0.2) is 0 Å². The summed E-state index contributed by atoms with van der Waals surface area (Å²) in [6, 6.07) is 67.6. The van der Waals surface area contributed by atoms with Crippen LogP contribution >= 0.6 is 0 Å². The molecule has 9 aromatic carbocycles. The van der Waals surface area contributed by atoms with E-state index in [0.29, 0.717) is 0 Å². The summed E-state index contributed by atoms with van der Waals surface area (Å²) in [5.74, 6) is 0. The Morgan fingerprint density at radius 1 is 0.300 bits per heavy atom. The van der Waals surface area contributed by atoms with Crippen LogP contribution in [0.25, 0.3) is 76.5 Å². The Morgan fingerprint density at radius 2 is 0.840 bits per heavy atom. The van der Waals surface area contributed by atoms with Gasteiger partial charge in [-0.25, -0.2) is 0 Å². The van der Waals surface area contributed by atoms with Gasteiger partial charge in [0.2, 0.25) is 0 Å².